The molecule has 2 amide bonds. The summed E-state index contributed by atoms with van der Waals surface area (Å²) >= 11 is 6.73. The zero-order valence-electron chi connectivity index (χ0n) is 19.1. The molecule has 0 aliphatic rings. The molecule has 0 aliphatic heterocycles. The van der Waals surface area contributed by atoms with Crippen molar-refractivity contribution in [1.82, 2.24) is 10.2 Å². The lowest BCUT2D eigenvalue weighted by atomic mass is 10.1. The quantitative estimate of drug-likeness (QED) is 0.439. The van der Waals surface area contributed by atoms with Gasteiger partial charge in [0.2, 0.25) is 21.8 Å². The predicted molar refractivity (Wildman–Crippen MR) is 138 cm³/mol. The van der Waals surface area contributed by atoms with E-state index in [4.69, 9.17) is 0 Å². The number of nitrogens with one attached hydrogen (secondary N) is 1. The smallest absolute Gasteiger partial charge is 0.244 e. The molecule has 2 aromatic rings. The monoisotopic (exact) mass is 601 g/mol. The van der Waals surface area contributed by atoms with Crippen molar-refractivity contribution in [2.45, 2.75) is 45.8 Å². The molecule has 2 aromatic carbocycles. The second kappa shape index (κ2) is 12.0. The Labute approximate surface area is 212 Å². The number of amides is 2. The van der Waals surface area contributed by atoms with E-state index in [9.17, 15) is 18.0 Å². The van der Waals surface area contributed by atoms with Crippen LogP contribution >= 0.6 is 31.9 Å². The zero-order chi connectivity index (χ0) is 24.8. The number of carbonyl (C=O) groups is 2. The lowest BCUT2D eigenvalue weighted by molar-refractivity contribution is -0.139. The van der Waals surface area contributed by atoms with Crippen LogP contribution < -0.4 is 9.62 Å². The van der Waals surface area contributed by atoms with Gasteiger partial charge in [-0.05, 0) is 56.2 Å². The average Bonchev–Trinajstić information content (AvgIpc) is 2.75. The number of nitrogens with zero attached hydrogens (tertiary/aromatic N) is 2. The first-order chi connectivity index (χ1) is 15.4. The van der Waals surface area contributed by atoms with Crippen LogP contribution in [-0.2, 0) is 26.2 Å². The summed E-state index contributed by atoms with van der Waals surface area (Å²) in [6.07, 6.45) is 1.81. The Morgan fingerprint density at radius 1 is 1.03 bits per heavy atom. The Bertz CT molecular complexity index is 1080. The maximum absolute atomic E-state index is 13.4. The third-order valence-corrected chi connectivity index (χ3v) is 7.37. The normalized spacial score (nSPS) is 13.2. The summed E-state index contributed by atoms with van der Waals surface area (Å²) in [5.41, 5.74) is 1.18. The third kappa shape index (κ3) is 8.12. The van der Waals surface area contributed by atoms with Gasteiger partial charge in [0.25, 0.3) is 0 Å². The van der Waals surface area contributed by atoms with Gasteiger partial charge in [-0.3, -0.25) is 13.9 Å². The molecule has 0 fully saturated rings. The van der Waals surface area contributed by atoms with Crippen molar-refractivity contribution < 1.29 is 18.0 Å². The average molecular weight is 603 g/mol. The van der Waals surface area contributed by atoms with E-state index >= 15 is 0 Å². The fraction of sp³-hybridized carbons (Fsp3) is 0.391. The largest absolute Gasteiger partial charge is 0.352 e. The Hall–Kier alpha value is -1.91. The highest BCUT2D eigenvalue weighted by atomic mass is 79.9. The van der Waals surface area contributed by atoms with Gasteiger partial charge in [0.05, 0.1) is 11.9 Å². The Kier molecular flexibility index (Phi) is 9.93. The Balaban J connectivity index is 2.37. The van der Waals surface area contributed by atoms with Crippen LogP contribution in [0.3, 0.4) is 0 Å². The van der Waals surface area contributed by atoms with Gasteiger partial charge in [-0.15, -0.1) is 0 Å². The minimum atomic E-state index is -3.75. The number of hydrogen-bond acceptors (Lipinski definition) is 4. The van der Waals surface area contributed by atoms with Crippen LogP contribution in [-0.4, -0.2) is 50.0 Å². The summed E-state index contributed by atoms with van der Waals surface area (Å²) in [5, 5.41) is 2.90. The summed E-state index contributed by atoms with van der Waals surface area (Å²) in [7, 11) is -3.75. The highest BCUT2D eigenvalue weighted by Gasteiger charge is 2.30. The molecule has 2 atom stereocenters. The highest BCUT2D eigenvalue weighted by Crippen LogP contribution is 2.23. The van der Waals surface area contributed by atoms with Gasteiger partial charge in [-0.25, -0.2) is 8.42 Å². The van der Waals surface area contributed by atoms with Crippen molar-refractivity contribution >= 4 is 59.4 Å². The van der Waals surface area contributed by atoms with Gasteiger partial charge in [0, 0.05) is 21.5 Å². The zero-order valence-corrected chi connectivity index (χ0v) is 23.1. The van der Waals surface area contributed by atoms with Crippen LogP contribution in [0, 0.1) is 0 Å². The molecule has 2 unspecified atom stereocenters. The van der Waals surface area contributed by atoms with Gasteiger partial charge in [-0.2, -0.15) is 0 Å². The summed E-state index contributed by atoms with van der Waals surface area (Å²) in [4.78, 5) is 27.7. The van der Waals surface area contributed by atoms with Crippen molar-refractivity contribution in [1.29, 1.82) is 0 Å². The summed E-state index contributed by atoms with van der Waals surface area (Å²) in [6, 6.07) is 13.3. The fourth-order valence-corrected chi connectivity index (χ4v) is 4.57. The van der Waals surface area contributed by atoms with E-state index < -0.39 is 28.5 Å². The molecule has 0 bridgehead atoms. The molecule has 7 nitrogen and oxygen atoms in total. The molecule has 0 aromatic heterocycles. The number of hydrogen-bond donors (Lipinski definition) is 1. The first-order valence-electron chi connectivity index (χ1n) is 10.5. The summed E-state index contributed by atoms with van der Waals surface area (Å²) in [5.74, 6) is -0.765. The molecular formula is C23H29Br2N3O4S. The topological polar surface area (TPSA) is 86.8 Å². The molecule has 0 aliphatic carbocycles. The highest BCUT2D eigenvalue weighted by molar-refractivity contribution is 9.10. The van der Waals surface area contributed by atoms with Crippen molar-refractivity contribution in [3.63, 3.8) is 0 Å². The molecular weight excluding hydrogens is 574 g/mol. The number of halogens is 2. The fourth-order valence-electron chi connectivity index (χ4n) is 3.08. The number of carbonyl (C=O) groups excluding carboxylic acids is 2. The number of anilines is 1. The summed E-state index contributed by atoms with van der Waals surface area (Å²) < 4.78 is 27.7. The molecule has 33 heavy (non-hydrogen) atoms. The van der Waals surface area contributed by atoms with Crippen LogP contribution in [0.4, 0.5) is 5.69 Å². The Morgan fingerprint density at radius 3 is 2.21 bits per heavy atom. The van der Waals surface area contributed by atoms with Crippen LogP contribution in [0.25, 0.3) is 0 Å². The van der Waals surface area contributed by atoms with Crippen LogP contribution in [0.5, 0.6) is 0 Å². The number of rotatable bonds is 10. The van der Waals surface area contributed by atoms with Crippen molar-refractivity contribution in [2.75, 3.05) is 17.1 Å². The van der Waals surface area contributed by atoms with E-state index in [-0.39, 0.29) is 18.5 Å². The van der Waals surface area contributed by atoms with Crippen molar-refractivity contribution in [3.05, 3.63) is 63.0 Å². The number of benzene rings is 2. The van der Waals surface area contributed by atoms with Gasteiger partial charge in [0.15, 0.2) is 0 Å². The minimum absolute atomic E-state index is 0.0428. The van der Waals surface area contributed by atoms with Crippen molar-refractivity contribution in [3.8, 4) is 0 Å². The Morgan fingerprint density at radius 2 is 1.67 bits per heavy atom. The first-order valence-corrected chi connectivity index (χ1v) is 13.9. The van der Waals surface area contributed by atoms with E-state index in [1.165, 1.54) is 4.90 Å². The number of sulfonamides is 1. The van der Waals surface area contributed by atoms with Crippen LogP contribution in [0.2, 0.25) is 0 Å². The summed E-state index contributed by atoms with van der Waals surface area (Å²) in [6.45, 7) is 5.24. The molecule has 2 rings (SSSR count). The molecule has 10 heteroatoms. The molecule has 180 valence electrons. The molecule has 0 heterocycles. The van der Waals surface area contributed by atoms with E-state index in [0.717, 1.165) is 27.0 Å². The van der Waals surface area contributed by atoms with Gasteiger partial charge >= 0.3 is 0 Å². The van der Waals surface area contributed by atoms with Gasteiger partial charge in [-0.1, -0.05) is 57.0 Å². The van der Waals surface area contributed by atoms with E-state index in [0.29, 0.717) is 10.2 Å². The van der Waals surface area contributed by atoms with Gasteiger partial charge < -0.3 is 10.2 Å². The lowest BCUT2D eigenvalue weighted by Crippen LogP contribution is -2.52. The SMILES string of the molecule is CCC(C)NC(=O)C(C)N(Cc1ccc(Br)cc1)C(=O)CN(c1cccc(Br)c1)S(C)(=O)=O. The van der Waals surface area contributed by atoms with Crippen LogP contribution in [0.1, 0.15) is 32.8 Å². The molecule has 1 N–H and O–H groups in total. The third-order valence-electron chi connectivity index (χ3n) is 5.21. The molecule has 0 radical (unpaired) electrons. The van der Waals surface area contributed by atoms with E-state index in [1.54, 1.807) is 31.2 Å². The minimum Gasteiger partial charge on any atom is -0.352 e. The second-order valence-corrected chi connectivity index (χ2v) is 11.6. The molecule has 0 saturated carbocycles. The van der Waals surface area contributed by atoms with Crippen molar-refractivity contribution in [2.24, 2.45) is 0 Å². The second-order valence-electron chi connectivity index (χ2n) is 7.89. The van der Waals surface area contributed by atoms with E-state index in [1.807, 2.05) is 38.1 Å². The van der Waals surface area contributed by atoms with E-state index in [2.05, 4.69) is 37.2 Å². The molecule has 0 saturated heterocycles. The lowest BCUT2D eigenvalue weighted by Gasteiger charge is -2.32. The molecule has 0 spiro atoms. The standard InChI is InChI=1S/C23H29Br2N3O4S/c1-5-16(2)26-23(30)17(3)27(14-18-9-11-19(24)12-10-18)22(29)15-28(33(4,31)32)21-8-6-7-20(25)13-21/h6-13,16-17H,5,14-15H2,1-4H3,(H,26,30). The predicted octanol–water partition coefficient (Wildman–Crippen LogP) is 4.31. The maximum atomic E-state index is 13.4. The maximum Gasteiger partial charge on any atom is 0.244 e. The first kappa shape index (κ1) is 27.3. The van der Waals surface area contributed by atoms with Crippen LogP contribution in [0.15, 0.2) is 57.5 Å². The van der Waals surface area contributed by atoms with Gasteiger partial charge in [0.1, 0.15) is 12.6 Å².